The number of nitriles is 1. The van der Waals surface area contributed by atoms with Crippen LogP contribution in [-0.2, 0) is 4.79 Å². The predicted molar refractivity (Wildman–Crippen MR) is 98.8 cm³/mol. The van der Waals surface area contributed by atoms with Crippen molar-refractivity contribution in [2.45, 2.75) is 0 Å². The van der Waals surface area contributed by atoms with Crippen molar-refractivity contribution in [3.63, 3.8) is 0 Å². The molecule has 0 radical (unpaired) electrons. The van der Waals surface area contributed by atoms with Crippen molar-refractivity contribution >= 4 is 45.5 Å². The number of nitrogens with zero attached hydrogens (tertiary/aromatic N) is 2. The lowest BCUT2D eigenvalue weighted by Crippen LogP contribution is -2.21. The number of pyridine rings is 1. The summed E-state index contributed by atoms with van der Waals surface area (Å²) in [4.78, 5) is 15.2. The number of nitrogens with two attached hydrogens (primary N) is 1. The Bertz CT molecular complexity index is 1050. The van der Waals surface area contributed by atoms with Crippen molar-refractivity contribution in [1.82, 2.24) is 4.98 Å². The van der Waals surface area contributed by atoms with Crippen LogP contribution in [0.25, 0.3) is 10.9 Å². The molecule has 0 atom stereocenters. The van der Waals surface area contributed by atoms with Gasteiger partial charge in [-0.25, -0.2) is 4.39 Å². The maximum atomic E-state index is 13.4. The van der Waals surface area contributed by atoms with Gasteiger partial charge in [0.15, 0.2) is 0 Å². The van der Waals surface area contributed by atoms with Crippen molar-refractivity contribution in [3.05, 3.63) is 59.0 Å². The monoisotopic (exact) mass is 369 g/mol. The van der Waals surface area contributed by atoms with Gasteiger partial charge in [0.25, 0.3) is 0 Å². The van der Waals surface area contributed by atoms with E-state index >= 15 is 0 Å². The van der Waals surface area contributed by atoms with Gasteiger partial charge < -0.3 is 16.4 Å². The van der Waals surface area contributed by atoms with E-state index in [0.717, 1.165) is 0 Å². The third-order valence-corrected chi connectivity index (χ3v) is 3.93. The molecule has 3 rings (SSSR count). The first-order valence-electron chi connectivity index (χ1n) is 7.55. The smallest absolute Gasteiger partial charge is 0.236 e. The molecule has 1 heterocycles. The highest BCUT2D eigenvalue weighted by Crippen LogP contribution is 2.31. The fraction of sp³-hybridized carbons (Fsp3) is 0.0556. The minimum atomic E-state index is -0.532. The highest BCUT2D eigenvalue weighted by molar-refractivity contribution is 6.31. The molecule has 6 nitrogen and oxygen atoms in total. The maximum Gasteiger partial charge on any atom is 0.236 e. The second-order valence-corrected chi connectivity index (χ2v) is 5.87. The van der Waals surface area contributed by atoms with Gasteiger partial charge in [0, 0.05) is 23.0 Å². The lowest BCUT2D eigenvalue weighted by atomic mass is 10.1. The highest BCUT2D eigenvalue weighted by Gasteiger charge is 2.11. The zero-order valence-electron chi connectivity index (χ0n) is 13.4. The Morgan fingerprint density at radius 2 is 2.04 bits per heavy atom. The Morgan fingerprint density at radius 3 is 2.73 bits per heavy atom. The van der Waals surface area contributed by atoms with Crippen LogP contribution in [0.1, 0.15) is 5.56 Å². The quantitative estimate of drug-likeness (QED) is 0.638. The summed E-state index contributed by atoms with van der Waals surface area (Å²) in [5.74, 6) is -1.02. The van der Waals surface area contributed by atoms with E-state index in [1.54, 1.807) is 18.2 Å². The van der Waals surface area contributed by atoms with Crippen LogP contribution in [0.5, 0.6) is 0 Å². The van der Waals surface area contributed by atoms with Crippen LogP contribution in [0.2, 0.25) is 5.02 Å². The summed E-state index contributed by atoms with van der Waals surface area (Å²) in [5.41, 5.74) is 7.77. The van der Waals surface area contributed by atoms with Gasteiger partial charge in [0.1, 0.15) is 11.9 Å². The van der Waals surface area contributed by atoms with E-state index in [9.17, 15) is 14.4 Å². The van der Waals surface area contributed by atoms with Crippen LogP contribution in [0, 0.1) is 17.1 Å². The zero-order valence-corrected chi connectivity index (χ0v) is 14.1. The molecule has 0 aliphatic carbocycles. The van der Waals surface area contributed by atoms with Gasteiger partial charge in [-0.2, -0.15) is 5.26 Å². The largest absolute Gasteiger partial charge is 0.376 e. The summed E-state index contributed by atoms with van der Waals surface area (Å²) in [6, 6.07) is 11.5. The van der Waals surface area contributed by atoms with E-state index in [-0.39, 0.29) is 11.6 Å². The molecule has 130 valence electrons. The van der Waals surface area contributed by atoms with E-state index in [1.807, 2.05) is 0 Å². The van der Waals surface area contributed by atoms with E-state index < -0.39 is 11.7 Å². The molecule has 0 spiro atoms. The Kier molecular flexibility index (Phi) is 4.87. The third kappa shape index (κ3) is 3.66. The molecule has 26 heavy (non-hydrogen) atoms. The molecule has 0 aliphatic heterocycles. The van der Waals surface area contributed by atoms with Gasteiger partial charge in [-0.1, -0.05) is 11.6 Å². The average Bonchev–Trinajstić information content (AvgIpc) is 2.63. The Labute approximate surface area is 153 Å². The van der Waals surface area contributed by atoms with Crippen molar-refractivity contribution < 1.29 is 9.18 Å². The summed E-state index contributed by atoms with van der Waals surface area (Å²) in [6.45, 7) is -0.0206. The lowest BCUT2D eigenvalue weighted by molar-refractivity contribution is -0.116. The number of benzene rings is 2. The summed E-state index contributed by atoms with van der Waals surface area (Å²) >= 11 is 5.82. The first-order valence-corrected chi connectivity index (χ1v) is 7.93. The average molecular weight is 370 g/mol. The number of amides is 1. The Hall–Kier alpha value is -3.37. The minimum absolute atomic E-state index is 0.0206. The van der Waals surface area contributed by atoms with Crippen LogP contribution < -0.4 is 16.4 Å². The second-order valence-electron chi connectivity index (χ2n) is 5.46. The number of aromatic nitrogens is 1. The van der Waals surface area contributed by atoms with E-state index in [4.69, 9.17) is 17.3 Å². The summed E-state index contributed by atoms with van der Waals surface area (Å²) in [6.07, 6.45) is 1.45. The number of fused-ring (bicyclic) bond motifs is 1. The van der Waals surface area contributed by atoms with Crippen molar-refractivity contribution in [2.24, 2.45) is 5.73 Å². The summed E-state index contributed by atoms with van der Waals surface area (Å²) in [5, 5.41) is 16.0. The number of rotatable bonds is 5. The molecule has 1 aromatic heterocycles. The van der Waals surface area contributed by atoms with Crippen LogP contribution in [0.15, 0.2) is 42.6 Å². The molecule has 3 aromatic rings. The number of primary amides is 1. The number of carbonyl (C=O) groups excluding carboxylic acids is 1. The van der Waals surface area contributed by atoms with Gasteiger partial charge in [0.05, 0.1) is 28.3 Å². The molecule has 8 heteroatoms. The van der Waals surface area contributed by atoms with Gasteiger partial charge >= 0.3 is 0 Å². The molecule has 0 aliphatic rings. The Morgan fingerprint density at radius 1 is 1.27 bits per heavy atom. The molecule has 2 aromatic carbocycles. The topological polar surface area (TPSA) is 104 Å². The molecule has 4 N–H and O–H groups in total. The maximum absolute atomic E-state index is 13.4. The number of anilines is 3. The SMILES string of the molecule is N#Cc1cnc2ccc(NCC(N)=O)cc2c1Nc1ccc(F)c(Cl)c1. The second kappa shape index (κ2) is 7.25. The minimum Gasteiger partial charge on any atom is -0.376 e. The van der Waals surface area contributed by atoms with Crippen LogP contribution in [0.4, 0.5) is 21.5 Å². The van der Waals surface area contributed by atoms with Crippen molar-refractivity contribution in [3.8, 4) is 6.07 Å². The molecule has 0 fully saturated rings. The number of halogens is 2. The van der Waals surface area contributed by atoms with E-state index in [2.05, 4.69) is 21.7 Å². The standard InChI is InChI=1S/C18H13ClFN5O/c19-14-6-12(1-3-15(14)20)25-18-10(7-21)8-24-16-4-2-11(5-13(16)18)23-9-17(22)26/h1-6,8,23H,9H2,(H2,22,26)(H,24,25). The number of carbonyl (C=O) groups is 1. The zero-order chi connectivity index (χ0) is 18.7. The van der Waals surface area contributed by atoms with Gasteiger partial charge in [0.2, 0.25) is 5.91 Å². The number of nitrogens with one attached hydrogen (secondary N) is 2. The number of hydrogen-bond acceptors (Lipinski definition) is 5. The molecule has 1 amide bonds. The predicted octanol–water partition coefficient (Wildman–Crippen LogP) is 3.54. The molecular weight excluding hydrogens is 357 g/mol. The molecule has 0 unspecified atom stereocenters. The molecule has 0 saturated carbocycles. The van der Waals surface area contributed by atoms with Crippen molar-refractivity contribution in [2.75, 3.05) is 17.2 Å². The van der Waals surface area contributed by atoms with Gasteiger partial charge in [-0.3, -0.25) is 9.78 Å². The first kappa shape index (κ1) is 17.5. The van der Waals surface area contributed by atoms with Crippen LogP contribution in [-0.4, -0.2) is 17.4 Å². The first-order chi connectivity index (χ1) is 12.5. The normalized spacial score (nSPS) is 10.3. The summed E-state index contributed by atoms with van der Waals surface area (Å²) in [7, 11) is 0. The highest BCUT2D eigenvalue weighted by atomic mass is 35.5. The van der Waals surface area contributed by atoms with Gasteiger partial charge in [-0.05, 0) is 36.4 Å². The molecule has 0 bridgehead atoms. The Balaban J connectivity index is 2.08. The van der Waals surface area contributed by atoms with Crippen molar-refractivity contribution in [1.29, 1.82) is 5.26 Å². The van der Waals surface area contributed by atoms with Crippen LogP contribution >= 0.6 is 11.6 Å². The molecular formula is C18H13ClFN5O. The number of hydrogen-bond donors (Lipinski definition) is 3. The third-order valence-electron chi connectivity index (χ3n) is 3.64. The molecule has 0 saturated heterocycles. The van der Waals surface area contributed by atoms with E-state index in [1.165, 1.54) is 24.4 Å². The summed E-state index contributed by atoms with van der Waals surface area (Å²) < 4.78 is 13.4. The van der Waals surface area contributed by atoms with Crippen LogP contribution in [0.3, 0.4) is 0 Å². The van der Waals surface area contributed by atoms with E-state index in [0.29, 0.717) is 33.5 Å². The fourth-order valence-electron chi connectivity index (χ4n) is 2.43. The lowest BCUT2D eigenvalue weighted by Gasteiger charge is -2.13. The van der Waals surface area contributed by atoms with Gasteiger partial charge in [-0.15, -0.1) is 0 Å². The fourth-order valence-corrected chi connectivity index (χ4v) is 2.61.